The molecule has 2 saturated heterocycles. The maximum Gasteiger partial charge on any atom is 0.236 e. The Morgan fingerprint density at radius 3 is 2.43 bits per heavy atom. The summed E-state index contributed by atoms with van der Waals surface area (Å²) in [5.41, 5.74) is 0. The van der Waals surface area contributed by atoms with Crippen molar-refractivity contribution in [1.29, 1.82) is 0 Å². The Balaban J connectivity index is 1.71. The molecule has 2 aliphatic heterocycles. The summed E-state index contributed by atoms with van der Waals surface area (Å²) in [5.74, 6) is 0.201. The molecule has 2 unspecified atom stereocenters. The zero-order valence-electron chi connectivity index (χ0n) is 13.2. The lowest BCUT2D eigenvalue weighted by molar-refractivity contribution is -0.145. The minimum absolute atomic E-state index is 0.0755. The van der Waals surface area contributed by atoms with Gasteiger partial charge in [0.2, 0.25) is 5.91 Å². The van der Waals surface area contributed by atoms with Gasteiger partial charge in [-0.05, 0) is 26.7 Å². The van der Waals surface area contributed by atoms with Crippen molar-refractivity contribution in [3.8, 4) is 0 Å². The average Bonchev–Trinajstić information content (AvgIpc) is 2.45. The third kappa shape index (κ3) is 5.21. The molecule has 0 aliphatic carbocycles. The highest BCUT2D eigenvalue weighted by atomic mass is 16.5. The second kappa shape index (κ2) is 8.08. The summed E-state index contributed by atoms with van der Waals surface area (Å²) in [4.78, 5) is 16.5. The van der Waals surface area contributed by atoms with Gasteiger partial charge in [0.25, 0.3) is 0 Å². The van der Waals surface area contributed by atoms with Gasteiger partial charge in [-0.1, -0.05) is 0 Å². The van der Waals surface area contributed by atoms with Crippen molar-refractivity contribution in [3.05, 3.63) is 0 Å². The van der Waals surface area contributed by atoms with Crippen LogP contribution >= 0.6 is 0 Å². The Morgan fingerprint density at radius 2 is 1.86 bits per heavy atom. The summed E-state index contributed by atoms with van der Waals surface area (Å²) in [6.45, 7) is 8.17. The van der Waals surface area contributed by atoms with E-state index in [-0.39, 0.29) is 30.8 Å². The van der Waals surface area contributed by atoms with Crippen LogP contribution in [0, 0.1) is 0 Å². The van der Waals surface area contributed by atoms with E-state index >= 15 is 0 Å². The van der Waals surface area contributed by atoms with Crippen molar-refractivity contribution < 1.29 is 19.4 Å². The Bertz CT molecular complexity index is 322. The first kappa shape index (κ1) is 16.7. The largest absolute Gasteiger partial charge is 0.394 e. The fourth-order valence-corrected chi connectivity index (χ4v) is 3.13. The van der Waals surface area contributed by atoms with Gasteiger partial charge < -0.3 is 19.5 Å². The van der Waals surface area contributed by atoms with Gasteiger partial charge in [0, 0.05) is 26.2 Å². The van der Waals surface area contributed by atoms with Gasteiger partial charge in [0.1, 0.15) is 0 Å². The van der Waals surface area contributed by atoms with E-state index in [2.05, 4.69) is 4.90 Å². The number of aliphatic hydroxyl groups is 1. The van der Waals surface area contributed by atoms with Gasteiger partial charge in [-0.3, -0.25) is 9.69 Å². The SMILES string of the molecule is CC1CN(C(=O)CN2CCC(OCCO)CC2)CC(C)O1. The highest BCUT2D eigenvalue weighted by Crippen LogP contribution is 2.15. The van der Waals surface area contributed by atoms with Crippen LogP contribution in [0.15, 0.2) is 0 Å². The standard InChI is InChI=1S/C15H28N2O4/c1-12-9-17(10-13(2)21-12)15(19)11-16-5-3-14(4-6-16)20-8-7-18/h12-14,18H,3-11H2,1-2H3. The highest BCUT2D eigenvalue weighted by molar-refractivity contribution is 5.78. The maximum absolute atomic E-state index is 12.4. The molecule has 2 atom stereocenters. The molecule has 0 radical (unpaired) electrons. The lowest BCUT2D eigenvalue weighted by Crippen LogP contribution is -2.52. The molecule has 0 aromatic carbocycles. The Hall–Kier alpha value is -0.690. The first-order chi connectivity index (χ1) is 10.1. The van der Waals surface area contributed by atoms with E-state index in [1.807, 2.05) is 18.7 Å². The fraction of sp³-hybridized carbons (Fsp3) is 0.933. The number of carbonyl (C=O) groups is 1. The minimum atomic E-state index is 0.0755. The number of amides is 1. The number of rotatable bonds is 5. The van der Waals surface area contributed by atoms with Crippen LogP contribution in [-0.4, -0.2) is 85.1 Å². The van der Waals surface area contributed by atoms with Gasteiger partial charge >= 0.3 is 0 Å². The molecule has 122 valence electrons. The molecule has 2 rings (SSSR count). The quantitative estimate of drug-likeness (QED) is 0.780. The van der Waals surface area contributed by atoms with Gasteiger partial charge in [-0.2, -0.15) is 0 Å². The van der Waals surface area contributed by atoms with Crippen molar-refractivity contribution in [2.45, 2.75) is 45.0 Å². The van der Waals surface area contributed by atoms with Crippen LogP contribution in [0.5, 0.6) is 0 Å². The van der Waals surface area contributed by atoms with Gasteiger partial charge in [0.15, 0.2) is 0 Å². The van der Waals surface area contributed by atoms with Crippen LogP contribution in [0.1, 0.15) is 26.7 Å². The summed E-state index contributed by atoms with van der Waals surface area (Å²) >= 11 is 0. The molecule has 1 N–H and O–H groups in total. The van der Waals surface area contributed by atoms with Gasteiger partial charge in [0.05, 0.1) is 38.1 Å². The molecule has 0 bridgehead atoms. The molecule has 1 amide bonds. The number of piperidine rings is 1. The predicted octanol–water partition coefficient (Wildman–Crippen LogP) is 0.0955. The van der Waals surface area contributed by atoms with Crippen LogP contribution in [0.2, 0.25) is 0 Å². The smallest absolute Gasteiger partial charge is 0.236 e. The molecule has 6 heteroatoms. The molecule has 0 aromatic rings. The average molecular weight is 300 g/mol. The first-order valence-corrected chi connectivity index (χ1v) is 7.96. The molecule has 2 heterocycles. The molecule has 2 fully saturated rings. The number of hydrogen-bond acceptors (Lipinski definition) is 5. The van der Waals surface area contributed by atoms with Crippen LogP contribution in [0.4, 0.5) is 0 Å². The minimum Gasteiger partial charge on any atom is -0.394 e. The normalized spacial score (nSPS) is 28.8. The molecule has 21 heavy (non-hydrogen) atoms. The number of ether oxygens (including phenoxy) is 2. The number of nitrogens with zero attached hydrogens (tertiary/aromatic N) is 2. The molecular formula is C15H28N2O4. The van der Waals surface area contributed by atoms with E-state index < -0.39 is 0 Å². The summed E-state index contributed by atoms with van der Waals surface area (Å²) in [7, 11) is 0. The van der Waals surface area contributed by atoms with Crippen molar-refractivity contribution in [3.63, 3.8) is 0 Å². The van der Waals surface area contributed by atoms with Crippen LogP contribution in [0.3, 0.4) is 0 Å². The molecular weight excluding hydrogens is 272 g/mol. The van der Waals surface area contributed by atoms with E-state index in [1.54, 1.807) is 0 Å². The maximum atomic E-state index is 12.4. The van der Waals surface area contributed by atoms with E-state index in [4.69, 9.17) is 14.6 Å². The van der Waals surface area contributed by atoms with E-state index in [0.717, 1.165) is 25.9 Å². The molecule has 0 aromatic heterocycles. The van der Waals surface area contributed by atoms with Crippen LogP contribution in [0.25, 0.3) is 0 Å². The number of aliphatic hydroxyl groups excluding tert-OH is 1. The zero-order valence-corrected chi connectivity index (χ0v) is 13.2. The fourth-order valence-electron chi connectivity index (χ4n) is 3.13. The Kier molecular flexibility index (Phi) is 6.41. The molecule has 2 aliphatic rings. The van der Waals surface area contributed by atoms with Crippen molar-refractivity contribution >= 4 is 5.91 Å². The number of hydrogen-bond donors (Lipinski definition) is 1. The summed E-state index contributed by atoms with van der Waals surface area (Å²) < 4.78 is 11.2. The van der Waals surface area contributed by atoms with Crippen LogP contribution in [-0.2, 0) is 14.3 Å². The lowest BCUT2D eigenvalue weighted by atomic mass is 10.1. The number of carbonyl (C=O) groups excluding carboxylic acids is 1. The molecule has 0 spiro atoms. The van der Waals surface area contributed by atoms with E-state index in [1.165, 1.54) is 0 Å². The lowest BCUT2D eigenvalue weighted by Gasteiger charge is -2.37. The monoisotopic (exact) mass is 300 g/mol. The van der Waals surface area contributed by atoms with E-state index in [0.29, 0.717) is 26.2 Å². The van der Waals surface area contributed by atoms with Crippen molar-refractivity contribution in [2.24, 2.45) is 0 Å². The van der Waals surface area contributed by atoms with Crippen LogP contribution < -0.4 is 0 Å². The second-order valence-electron chi connectivity index (χ2n) is 6.13. The summed E-state index contributed by atoms with van der Waals surface area (Å²) in [5, 5.41) is 8.76. The third-order valence-electron chi connectivity index (χ3n) is 4.11. The number of likely N-dealkylation sites (tertiary alicyclic amines) is 1. The summed E-state index contributed by atoms with van der Waals surface area (Å²) in [6.07, 6.45) is 2.34. The zero-order chi connectivity index (χ0) is 15.2. The second-order valence-corrected chi connectivity index (χ2v) is 6.13. The molecule has 0 saturated carbocycles. The molecule has 6 nitrogen and oxygen atoms in total. The first-order valence-electron chi connectivity index (χ1n) is 7.96. The Morgan fingerprint density at radius 1 is 1.24 bits per heavy atom. The third-order valence-corrected chi connectivity index (χ3v) is 4.11. The van der Waals surface area contributed by atoms with Crippen molar-refractivity contribution in [1.82, 2.24) is 9.80 Å². The van der Waals surface area contributed by atoms with E-state index in [9.17, 15) is 4.79 Å². The number of morpholine rings is 1. The highest BCUT2D eigenvalue weighted by Gasteiger charge is 2.28. The Labute approximate surface area is 127 Å². The van der Waals surface area contributed by atoms with Gasteiger partial charge in [-0.25, -0.2) is 0 Å². The summed E-state index contributed by atoms with van der Waals surface area (Å²) in [6, 6.07) is 0. The topological polar surface area (TPSA) is 62.2 Å². The predicted molar refractivity (Wildman–Crippen MR) is 79.1 cm³/mol. The van der Waals surface area contributed by atoms with Gasteiger partial charge in [-0.15, -0.1) is 0 Å². The van der Waals surface area contributed by atoms with Crippen molar-refractivity contribution in [2.75, 3.05) is 45.9 Å².